The lowest BCUT2D eigenvalue weighted by molar-refractivity contribution is 0.165. The number of anilines is 2. The second kappa shape index (κ2) is 7.83. The monoisotopic (exact) mass is 462 g/mol. The number of aromatic nitrogens is 2. The quantitative estimate of drug-likeness (QED) is 0.660. The number of benzene rings is 1. The Balaban J connectivity index is 1.72. The zero-order chi connectivity index (χ0) is 18.0. The van der Waals surface area contributed by atoms with Crippen LogP contribution < -0.4 is 5.32 Å². The van der Waals surface area contributed by atoms with E-state index >= 15 is 0 Å². The third kappa shape index (κ3) is 4.88. The molecular weight excluding hydrogens is 444 g/mol. The molecule has 0 radical (unpaired) electrons. The van der Waals surface area contributed by atoms with Gasteiger partial charge in [-0.1, -0.05) is 40.3 Å². The Hall–Kier alpha value is -0.810. The van der Waals surface area contributed by atoms with Gasteiger partial charge in [0.1, 0.15) is 0 Å². The van der Waals surface area contributed by atoms with Crippen molar-refractivity contribution in [3.63, 3.8) is 0 Å². The molecule has 0 saturated carbocycles. The summed E-state index contributed by atoms with van der Waals surface area (Å²) >= 11 is 10.3. The van der Waals surface area contributed by atoms with E-state index in [1.807, 2.05) is 31.2 Å². The van der Waals surface area contributed by atoms with E-state index in [9.17, 15) is 8.42 Å². The van der Waals surface area contributed by atoms with Gasteiger partial charge < -0.3 is 5.32 Å². The van der Waals surface area contributed by atoms with Gasteiger partial charge in [-0.15, -0.1) is 5.10 Å². The average Bonchev–Trinajstić information content (AvgIpc) is 3.07. The summed E-state index contributed by atoms with van der Waals surface area (Å²) in [6, 6.07) is 7.88. The lowest BCUT2D eigenvalue weighted by Crippen LogP contribution is -2.37. The Kier molecular flexibility index (Phi) is 5.94. The summed E-state index contributed by atoms with van der Waals surface area (Å²) in [5.41, 5.74) is 0.930. The van der Waals surface area contributed by atoms with Crippen LogP contribution in [0.25, 0.3) is 0 Å². The summed E-state index contributed by atoms with van der Waals surface area (Å²) in [5, 5.41) is 8.52. The van der Waals surface area contributed by atoms with Crippen LogP contribution in [0, 0.1) is 3.95 Å². The number of sulfone groups is 1. The van der Waals surface area contributed by atoms with Crippen molar-refractivity contribution in [1.29, 1.82) is 0 Å². The maximum absolute atomic E-state index is 11.7. The molecule has 1 aromatic carbocycles. The number of nitrogens with one attached hydrogen (secondary N) is 1. The Labute approximate surface area is 164 Å². The highest BCUT2D eigenvalue weighted by atomic mass is 79.9. The van der Waals surface area contributed by atoms with E-state index in [0.717, 1.165) is 21.8 Å². The van der Waals surface area contributed by atoms with Crippen molar-refractivity contribution in [1.82, 2.24) is 14.7 Å². The Morgan fingerprint density at radius 3 is 2.96 bits per heavy atom. The fraction of sp³-hybridized carbons (Fsp3) is 0.467. The molecule has 1 aliphatic heterocycles. The molecule has 2 heterocycles. The van der Waals surface area contributed by atoms with E-state index in [1.54, 1.807) is 4.68 Å². The number of hydrogen-bond acceptors (Lipinski definition) is 7. The molecule has 3 rings (SSSR count). The lowest BCUT2D eigenvalue weighted by Gasteiger charge is -2.25. The van der Waals surface area contributed by atoms with Crippen molar-refractivity contribution in [3.05, 3.63) is 32.7 Å². The second-order valence-corrected chi connectivity index (χ2v) is 10.7. The molecule has 1 aliphatic rings. The Morgan fingerprint density at radius 2 is 2.32 bits per heavy atom. The molecular formula is C15H19BrN4O2S3. The Morgan fingerprint density at radius 1 is 1.52 bits per heavy atom. The molecule has 0 amide bonds. The number of rotatable bonds is 6. The zero-order valence-electron chi connectivity index (χ0n) is 13.7. The van der Waals surface area contributed by atoms with Crippen molar-refractivity contribution in [3.8, 4) is 0 Å². The van der Waals surface area contributed by atoms with Gasteiger partial charge in [-0.25, -0.2) is 13.1 Å². The van der Waals surface area contributed by atoms with Crippen molar-refractivity contribution >= 4 is 60.1 Å². The fourth-order valence-corrected chi connectivity index (χ4v) is 6.02. The Bertz CT molecular complexity index is 909. The molecule has 1 fully saturated rings. The van der Waals surface area contributed by atoms with Gasteiger partial charge in [0.15, 0.2) is 13.8 Å². The molecule has 1 atom stereocenters. The summed E-state index contributed by atoms with van der Waals surface area (Å²) < 4.78 is 26.9. The summed E-state index contributed by atoms with van der Waals surface area (Å²) in [4.78, 5) is 2.13. The van der Waals surface area contributed by atoms with Gasteiger partial charge in [-0.05, 0) is 43.4 Å². The molecule has 1 N–H and O–H groups in total. The molecule has 1 aromatic heterocycles. The summed E-state index contributed by atoms with van der Waals surface area (Å²) in [6.07, 6.45) is 0.677. The summed E-state index contributed by atoms with van der Waals surface area (Å²) in [6.45, 7) is 3.29. The third-order valence-electron chi connectivity index (χ3n) is 4.13. The fourth-order valence-electron chi connectivity index (χ4n) is 2.84. The highest BCUT2D eigenvalue weighted by molar-refractivity contribution is 9.10. The molecule has 136 valence electrons. The molecule has 0 aliphatic carbocycles. The molecule has 1 saturated heterocycles. The largest absolute Gasteiger partial charge is 0.330 e. The number of halogens is 1. The van der Waals surface area contributed by atoms with E-state index in [1.165, 1.54) is 11.3 Å². The highest BCUT2D eigenvalue weighted by Gasteiger charge is 2.31. The van der Waals surface area contributed by atoms with Crippen molar-refractivity contribution in [2.75, 3.05) is 23.4 Å². The predicted molar refractivity (Wildman–Crippen MR) is 108 cm³/mol. The smallest absolute Gasteiger partial charge is 0.209 e. The van der Waals surface area contributed by atoms with Gasteiger partial charge in [0.25, 0.3) is 0 Å². The van der Waals surface area contributed by atoms with Crippen LogP contribution in [-0.4, -0.2) is 47.2 Å². The lowest BCUT2D eigenvalue weighted by atomic mass is 10.2. The van der Waals surface area contributed by atoms with Gasteiger partial charge in [0.2, 0.25) is 5.13 Å². The highest BCUT2D eigenvalue weighted by Crippen LogP contribution is 2.24. The van der Waals surface area contributed by atoms with Gasteiger partial charge in [0, 0.05) is 16.2 Å². The van der Waals surface area contributed by atoms with Crippen molar-refractivity contribution in [2.45, 2.75) is 26.1 Å². The molecule has 0 bridgehead atoms. The maximum atomic E-state index is 11.7. The molecule has 1 unspecified atom stereocenters. The van der Waals surface area contributed by atoms with Crippen molar-refractivity contribution < 1.29 is 8.42 Å². The standard InChI is InChI=1S/C15H19BrN4O2S3/c1-2-19(13-6-7-25(21,22)9-13)10-20-15(23)24-14(18-20)17-12-5-3-4-11(16)8-12/h3-5,8,13H,2,6-7,9-10H2,1H3,(H,17,18). The molecule has 25 heavy (non-hydrogen) atoms. The molecule has 10 heteroatoms. The SMILES string of the molecule is CCN(Cn1nc(Nc2cccc(Br)c2)sc1=S)C1CCS(=O)(=O)C1. The maximum Gasteiger partial charge on any atom is 0.209 e. The normalized spacial score (nSPS) is 19.4. The number of hydrogen-bond donors (Lipinski definition) is 1. The first kappa shape index (κ1) is 19.0. The van der Waals surface area contributed by atoms with Gasteiger partial charge >= 0.3 is 0 Å². The van der Waals surface area contributed by atoms with Crippen LogP contribution in [0.15, 0.2) is 28.7 Å². The van der Waals surface area contributed by atoms with E-state index in [4.69, 9.17) is 12.2 Å². The first-order valence-electron chi connectivity index (χ1n) is 7.91. The van der Waals surface area contributed by atoms with E-state index < -0.39 is 9.84 Å². The van der Waals surface area contributed by atoms with Crippen LogP contribution in [0.3, 0.4) is 0 Å². The van der Waals surface area contributed by atoms with Gasteiger partial charge in [-0.3, -0.25) is 4.90 Å². The van der Waals surface area contributed by atoms with Crippen LogP contribution in [0.2, 0.25) is 0 Å². The molecule has 2 aromatic rings. The minimum absolute atomic E-state index is 0.0417. The predicted octanol–water partition coefficient (Wildman–Crippen LogP) is 3.65. The first-order valence-corrected chi connectivity index (χ1v) is 11.8. The second-order valence-electron chi connectivity index (χ2n) is 5.91. The molecule has 6 nitrogen and oxygen atoms in total. The van der Waals surface area contributed by atoms with Gasteiger partial charge in [0.05, 0.1) is 18.2 Å². The minimum atomic E-state index is -2.90. The van der Waals surface area contributed by atoms with Gasteiger partial charge in [-0.2, -0.15) is 0 Å². The number of nitrogens with zero attached hydrogens (tertiary/aromatic N) is 3. The summed E-state index contributed by atoms with van der Waals surface area (Å²) in [7, 11) is -2.90. The van der Waals surface area contributed by atoms with E-state index in [0.29, 0.717) is 17.0 Å². The molecule has 0 spiro atoms. The minimum Gasteiger partial charge on any atom is -0.330 e. The van der Waals surface area contributed by atoms with Crippen LogP contribution >= 0.6 is 39.5 Å². The van der Waals surface area contributed by atoms with E-state index in [2.05, 4.69) is 31.2 Å². The van der Waals surface area contributed by atoms with Crippen LogP contribution in [0.1, 0.15) is 13.3 Å². The van der Waals surface area contributed by atoms with Crippen LogP contribution in [-0.2, 0) is 16.5 Å². The van der Waals surface area contributed by atoms with Crippen LogP contribution in [0.4, 0.5) is 10.8 Å². The van der Waals surface area contributed by atoms with Crippen molar-refractivity contribution in [2.24, 2.45) is 0 Å². The first-order chi connectivity index (χ1) is 11.9. The summed E-state index contributed by atoms with van der Waals surface area (Å²) in [5.74, 6) is 0.494. The zero-order valence-corrected chi connectivity index (χ0v) is 17.7. The topological polar surface area (TPSA) is 67.2 Å². The average molecular weight is 463 g/mol. The third-order valence-corrected chi connectivity index (χ3v) is 7.60. The van der Waals surface area contributed by atoms with Crippen LogP contribution in [0.5, 0.6) is 0 Å². The van der Waals surface area contributed by atoms with E-state index in [-0.39, 0.29) is 17.5 Å².